The Morgan fingerprint density at radius 3 is 2.59 bits per heavy atom. The molecule has 5 nitrogen and oxygen atoms in total. The zero-order chi connectivity index (χ0) is 12.8. The monoisotopic (exact) mass is 254 g/mol. The highest BCUT2D eigenvalue weighted by atomic mass is 32.1. The van der Waals surface area contributed by atoms with E-state index in [0.29, 0.717) is 24.0 Å². The molecule has 0 fully saturated rings. The number of nitrogens with zero attached hydrogens (tertiary/aromatic N) is 2. The van der Waals surface area contributed by atoms with Crippen molar-refractivity contribution in [3.8, 4) is 0 Å². The van der Waals surface area contributed by atoms with Gasteiger partial charge in [-0.15, -0.1) is 0 Å². The molecule has 0 aliphatic carbocycles. The Balaban J connectivity index is 2.69. The van der Waals surface area contributed by atoms with Gasteiger partial charge in [-0.2, -0.15) is 0 Å². The highest BCUT2D eigenvalue weighted by Gasteiger charge is 2.13. The number of thiocarbonyl (C=S) groups is 1. The molecule has 1 heterocycles. The molecule has 0 aromatic carbocycles. The molecular formula is C11H18N4OS. The Morgan fingerprint density at radius 1 is 1.47 bits per heavy atom. The van der Waals surface area contributed by atoms with Crippen LogP contribution in [0.15, 0.2) is 12.4 Å². The first-order chi connectivity index (χ1) is 8.04. The molecule has 1 atom stereocenters. The Bertz CT molecular complexity index is 366. The van der Waals surface area contributed by atoms with Gasteiger partial charge in [0.2, 0.25) is 0 Å². The van der Waals surface area contributed by atoms with E-state index < -0.39 is 0 Å². The summed E-state index contributed by atoms with van der Waals surface area (Å²) in [6.45, 7) is 4.86. The van der Waals surface area contributed by atoms with Gasteiger partial charge in [0.05, 0.1) is 25.0 Å². The first kappa shape index (κ1) is 13.8. The van der Waals surface area contributed by atoms with Crippen LogP contribution in [0, 0.1) is 5.92 Å². The van der Waals surface area contributed by atoms with Crippen LogP contribution in [0.5, 0.6) is 0 Å². The number of ether oxygens (including phenoxy) is 1. The Morgan fingerprint density at radius 2 is 2.18 bits per heavy atom. The van der Waals surface area contributed by atoms with Crippen molar-refractivity contribution in [2.75, 3.05) is 19.0 Å². The van der Waals surface area contributed by atoms with Crippen molar-refractivity contribution in [3.05, 3.63) is 18.1 Å². The molecule has 0 spiro atoms. The smallest absolute Gasteiger partial charge is 0.144 e. The highest BCUT2D eigenvalue weighted by molar-refractivity contribution is 7.80. The van der Waals surface area contributed by atoms with Gasteiger partial charge in [0.15, 0.2) is 0 Å². The minimum atomic E-state index is 0.199. The normalized spacial score (nSPS) is 12.5. The number of nitrogens with one attached hydrogen (secondary N) is 1. The van der Waals surface area contributed by atoms with Crippen molar-refractivity contribution in [2.45, 2.75) is 19.9 Å². The Labute approximate surface area is 107 Å². The van der Waals surface area contributed by atoms with Crippen LogP contribution in [-0.4, -0.2) is 34.7 Å². The average molecular weight is 254 g/mol. The maximum atomic E-state index is 5.45. The number of rotatable bonds is 6. The van der Waals surface area contributed by atoms with E-state index in [1.807, 2.05) is 0 Å². The third-order valence-corrected chi connectivity index (χ3v) is 2.60. The maximum absolute atomic E-state index is 5.45. The van der Waals surface area contributed by atoms with Gasteiger partial charge in [-0.05, 0) is 5.92 Å². The molecular weight excluding hydrogens is 236 g/mol. The SMILES string of the molecule is COCC(Nc1cnc(C(N)=S)cn1)C(C)C. The summed E-state index contributed by atoms with van der Waals surface area (Å²) >= 11 is 4.81. The largest absolute Gasteiger partial charge is 0.388 e. The van der Waals surface area contributed by atoms with Crippen LogP contribution in [0.2, 0.25) is 0 Å². The first-order valence-electron chi connectivity index (χ1n) is 5.42. The molecule has 0 aliphatic heterocycles. The van der Waals surface area contributed by atoms with E-state index >= 15 is 0 Å². The molecule has 0 bridgehead atoms. The molecule has 0 aliphatic rings. The summed E-state index contributed by atoms with van der Waals surface area (Å²) in [5.41, 5.74) is 5.98. The summed E-state index contributed by atoms with van der Waals surface area (Å²) in [5, 5.41) is 3.26. The standard InChI is InChI=1S/C11H18N4OS/c1-7(2)9(6-16-3)15-10-5-13-8(4-14-10)11(12)17/h4-5,7,9H,6H2,1-3H3,(H2,12,17)(H,14,15). The number of hydrogen-bond acceptors (Lipinski definition) is 5. The lowest BCUT2D eigenvalue weighted by Crippen LogP contribution is -2.31. The number of aromatic nitrogens is 2. The summed E-state index contributed by atoms with van der Waals surface area (Å²) in [5.74, 6) is 1.13. The van der Waals surface area contributed by atoms with E-state index in [0.717, 1.165) is 0 Å². The number of methoxy groups -OCH3 is 1. The van der Waals surface area contributed by atoms with Gasteiger partial charge in [0.1, 0.15) is 16.5 Å². The average Bonchev–Trinajstić information content (AvgIpc) is 2.29. The summed E-state index contributed by atoms with van der Waals surface area (Å²) in [4.78, 5) is 8.58. The molecule has 1 rings (SSSR count). The fourth-order valence-corrected chi connectivity index (χ4v) is 1.41. The minimum Gasteiger partial charge on any atom is -0.388 e. The lowest BCUT2D eigenvalue weighted by atomic mass is 10.1. The molecule has 0 radical (unpaired) electrons. The van der Waals surface area contributed by atoms with Crippen LogP contribution in [0.1, 0.15) is 19.5 Å². The van der Waals surface area contributed by atoms with Crippen LogP contribution >= 0.6 is 12.2 Å². The minimum absolute atomic E-state index is 0.199. The molecule has 6 heteroatoms. The maximum Gasteiger partial charge on any atom is 0.144 e. The van der Waals surface area contributed by atoms with Gasteiger partial charge in [-0.3, -0.25) is 0 Å². The Hall–Kier alpha value is -1.27. The van der Waals surface area contributed by atoms with Crippen LogP contribution in [0.4, 0.5) is 5.82 Å². The van der Waals surface area contributed by atoms with Crippen LogP contribution < -0.4 is 11.1 Å². The molecule has 0 amide bonds. The molecule has 0 saturated heterocycles. The third kappa shape index (κ3) is 4.24. The second-order valence-electron chi connectivity index (χ2n) is 4.10. The summed E-state index contributed by atoms with van der Waals surface area (Å²) in [6.07, 6.45) is 3.19. The van der Waals surface area contributed by atoms with Gasteiger partial charge in [-0.1, -0.05) is 26.1 Å². The van der Waals surface area contributed by atoms with Gasteiger partial charge in [-0.25, -0.2) is 9.97 Å². The van der Waals surface area contributed by atoms with Gasteiger partial charge in [0, 0.05) is 7.11 Å². The number of nitrogens with two attached hydrogens (primary N) is 1. The van der Waals surface area contributed by atoms with Crippen molar-refractivity contribution >= 4 is 23.0 Å². The number of hydrogen-bond donors (Lipinski definition) is 2. The summed E-state index contributed by atoms with van der Waals surface area (Å²) in [6, 6.07) is 0.199. The topological polar surface area (TPSA) is 73.1 Å². The molecule has 94 valence electrons. The molecule has 1 unspecified atom stereocenters. The predicted molar refractivity (Wildman–Crippen MR) is 72.0 cm³/mol. The predicted octanol–water partition coefficient (Wildman–Crippen LogP) is 1.19. The van der Waals surface area contributed by atoms with Crippen LogP contribution in [0.3, 0.4) is 0 Å². The van der Waals surface area contributed by atoms with Crippen molar-refractivity contribution in [2.24, 2.45) is 11.7 Å². The quantitative estimate of drug-likeness (QED) is 0.743. The Kier molecular flexibility index (Phi) is 5.24. The molecule has 17 heavy (non-hydrogen) atoms. The van der Waals surface area contributed by atoms with Gasteiger partial charge < -0.3 is 15.8 Å². The van der Waals surface area contributed by atoms with E-state index in [-0.39, 0.29) is 11.0 Å². The van der Waals surface area contributed by atoms with Crippen molar-refractivity contribution < 1.29 is 4.74 Å². The number of anilines is 1. The fraction of sp³-hybridized carbons (Fsp3) is 0.545. The fourth-order valence-electron chi connectivity index (χ4n) is 1.30. The van der Waals surface area contributed by atoms with E-state index in [9.17, 15) is 0 Å². The lowest BCUT2D eigenvalue weighted by molar-refractivity contribution is 0.171. The van der Waals surface area contributed by atoms with E-state index in [1.165, 1.54) is 0 Å². The van der Waals surface area contributed by atoms with E-state index in [4.69, 9.17) is 22.7 Å². The second kappa shape index (κ2) is 6.46. The molecule has 1 aromatic rings. The molecule has 1 aromatic heterocycles. The summed E-state index contributed by atoms with van der Waals surface area (Å²) < 4.78 is 5.15. The molecule has 3 N–H and O–H groups in total. The molecule has 0 saturated carbocycles. The first-order valence-corrected chi connectivity index (χ1v) is 5.82. The lowest BCUT2D eigenvalue weighted by Gasteiger charge is -2.21. The zero-order valence-electron chi connectivity index (χ0n) is 10.3. The van der Waals surface area contributed by atoms with Crippen LogP contribution in [-0.2, 0) is 4.74 Å². The van der Waals surface area contributed by atoms with Gasteiger partial charge >= 0.3 is 0 Å². The van der Waals surface area contributed by atoms with Gasteiger partial charge in [0.25, 0.3) is 0 Å². The van der Waals surface area contributed by atoms with E-state index in [2.05, 4.69) is 29.1 Å². The second-order valence-corrected chi connectivity index (χ2v) is 4.54. The van der Waals surface area contributed by atoms with Crippen molar-refractivity contribution in [3.63, 3.8) is 0 Å². The third-order valence-electron chi connectivity index (χ3n) is 2.39. The van der Waals surface area contributed by atoms with Crippen molar-refractivity contribution in [1.29, 1.82) is 0 Å². The van der Waals surface area contributed by atoms with Crippen LogP contribution in [0.25, 0.3) is 0 Å². The zero-order valence-corrected chi connectivity index (χ0v) is 11.1. The summed E-state index contributed by atoms with van der Waals surface area (Å²) in [7, 11) is 1.68. The van der Waals surface area contributed by atoms with Crippen molar-refractivity contribution in [1.82, 2.24) is 9.97 Å². The highest BCUT2D eigenvalue weighted by Crippen LogP contribution is 2.10. The van der Waals surface area contributed by atoms with E-state index in [1.54, 1.807) is 19.5 Å².